The summed E-state index contributed by atoms with van der Waals surface area (Å²) in [7, 11) is 0. The Kier molecular flexibility index (Phi) is 6.88. The minimum Gasteiger partial charge on any atom is -0.452 e. The summed E-state index contributed by atoms with van der Waals surface area (Å²) in [5, 5.41) is 0. The van der Waals surface area contributed by atoms with Crippen molar-refractivity contribution >= 4 is 0 Å². The van der Waals surface area contributed by atoms with Crippen molar-refractivity contribution in [2.75, 3.05) is 0 Å². The van der Waals surface area contributed by atoms with E-state index in [2.05, 4.69) is 9.40 Å². The summed E-state index contributed by atoms with van der Waals surface area (Å²) >= 11 is 0. The summed E-state index contributed by atoms with van der Waals surface area (Å²) < 4.78 is 4.47. The van der Waals surface area contributed by atoms with E-state index in [1.54, 1.807) is 6.20 Å². The summed E-state index contributed by atoms with van der Waals surface area (Å²) in [5.74, 6) is 0. The molecule has 0 aliphatic heterocycles. The number of aromatic nitrogens is 1. The topological polar surface area (TPSA) is 61.0 Å². The van der Waals surface area contributed by atoms with Gasteiger partial charge in [-0.05, 0) is 0 Å². The van der Waals surface area contributed by atoms with Crippen LogP contribution in [0.3, 0.4) is 0 Å². The van der Waals surface area contributed by atoms with E-state index in [-0.39, 0.29) is 10.9 Å². The monoisotopic (exact) mass is 106 g/mol. The van der Waals surface area contributed by atoms with Gasteiger partial charge in [0.05, 0.1) is 6.20 Å². The molecule has 0 atom stereocenters. The van der Waals surface area contributed by atoms with Crippen molar-refractivity contribution in [3.63, 3.8) is 0 Å². The van der Waals surface area contributed by atoms with E-state index in [9.17, 15) is 0 Å². The molecule has 0 saturated heterocycles. The summed E-state index contributed by atoms with van der Waals surface area (Å²) in [6.45, 7) is 0. The summed E-state index contributed by atoms with van der Waals surface area (Å²) in [4.78, 5) is 3.56. The first-order valence-corrected chi connectivity index (χ1v) is 1.32. The Balaban J connectivity index is 0. The molecule has 0 aliphatic rings. The molecule has 0 amide bonds. The third-order valence-corrected chi connectivity index (χ3v) is 0.347. The van der Waals surface area contributed by atoms with Gasteiger partial charge in [-0.15, -0.1) is 0 Å². The van der Waals surface area contributed by atoms with Crippen molar-refractivity contribution in [2.45, 2.75) is 0 Å². The molecule has 4 heteroatoms. The van der Waals surface area contributed by atoms with Crippen LogP contribution in [0.5, 0.6) is 0 Å². The minimum absolute atomic E-state index is 0. The zero-order valence-corrected chi connectivity index (χ0v) is 3.70. The van der Waals surface area contributed by atoms with Crippen molar-refractivity contribution in [3.05, 3.63) is 18.9 Å². The number of nitrogens with zero attached hydrogens (tertiary/aromatic N) is 1. The molecular weight excluding hydrogens is 99.0 g/mol. The van der Waals surface area contributed by atoms with Crippen LogP contribution >= 0.6 is 0 Å². The average Bonchev–Trinajstić information content (AvgIpc) is 1.76. The maximum absolute atomic E-state index is 4.47. The highest BCUT2D eigenvalue weighted by atomic mass is 19.0. The van der Waals surface area contributed by atoms with Gasteiger partial charge in [0.2, 0.25) is 0 Å². The molecule has 0 radical (unpaired) electrons. The number of hydrogen-bond donors (Lipinski definition) is 1. The first-order valence-electron chi connectivity index (χ1n) is 1.32. The van der Waals surface area contributed by atoms with Gasteiger partial charge >= 0.3 is 0 Å². The third-order valence-electron chi connectivity index (χ3n) is 0.347. The summed E-state index contributed by atoms with van der Waals surface area (Å²) in [6.07, 6.45) is 4.47. The molecule has 3 N–H and O–H groups in total. The minimum atomic E-state index is 0. The Morgan fingerprint density at radius 3 is 2.29 bits per heavy atom. The van der Waals surface area contributed by atoms with Crippen LogP contribution in [0.1, 0.15) is 0 Å². The average molecular weight is 106 g/mol. The van der Waals surface area contributed by atoms with Crippen molar-refractivity contribution in [3.8, 4) is 0 Å². The predicted octanol–water partition coefficient (Wildman–Crippen LogP) is 0.989. The van der Waals surface area contributed by atoms with Crippen LogP contribution in [0.25, 0.3) is 0 Å². The van der Waals surface area contributed by atoms with Gasteiger partial charge in [0.1, 0.15) is 6.26 Å². The SMILES string of the molecule is F.N.c1cocn1. The van der Waals surface area contributed by atoms with Gasteiger partial charge in [0, 0.05) is 0 Å². The van der Waals surface area contributed by atoms with Crippen LogP contribution in [-0.4, -0.2) is 4.98 Å². The molecule has 1 rings (SSSR count). The third kappa shape index (κ3) is 2.92. The Bertz CT molecular complexity index is 69.4. The smallest absolute Gasteiger partial charge is 0.180 e. The lowest BCUT2D eigenvalue weighted by molar-refractivity contribution is 0.558. The van der Waals surface area contributed by atoms with Crippen LogP contribution in [0.4, 0.5) is 4.70 Å². The number of halogens is 1. The quantitative estimate of drug-likeness (QED) is 0.536. The largest absolute Gasteiger partial charge is 0.452 e. The lowest BCUT2D eigenvalue weighted by atomic mass is 11.0. The molecule has 1 heterocycles. The molecule has 0 aromatic carbocycles. The van der Waals surface area contributed by atoms with E-state index in [0.29, 0.717) is 0 Å². The van der Waals surface area contributed by atoms with Crippen LogP contribution in [0.2, 0.25) is 0 Å². The van der Waals surface area contributed by atoms with E-state index < -0.39 is 0 Å². The lowest BCUT2D eigenvalue weighted by Crippen LogP contribution is -1.38. The van der Waals surface area contributed by atoms with Crippen LogP contribution < -0.4 is 6.15 Å². The molecule has 0 fully saturated rings. The Morgan fingerprint density at radius 1 is 1.43 bits per heavy atom. The van der Waals surface area contributed by atoms with Crippen LogP contribution in [0, 0.1) is 0 Å². The maximum Gasteiger partial charge on any atom is 0.180 e. The number of hydrogen-bond acceptors (Lipinski definition) is 3. The molecule has 1 aromatic heterocycles. The van der Waals surface area contributed by atoms with Crippen molar-refractivity contribution in [1.82, 2.24) is 11.1 Å². The van der Waals surface area contributed by atoms with E-state index in [0.717, 1.165) is 0 Å². The van der Waals surface area contributed by atoms with Crippen LogP contribution in [0.15, 0.2) is 23.3 Å². The number of rotatable bonds is 0. The molecular formula is C3H7FN2O. The highest BCUT2D eigenvalue weighted by Gasteiger charge is 1.59. The van der Waals surface area contributed by atoms with Crippen molar-refractivity contribution in [2.24, 2.45) is 0 Å². The molecule has 42 valence electrons. The molecule has 3 nitrogen and oxygen atoms in total. The van der Waals surface area contributed by atoms with Gasteiger partial charge in [0.15, 0.2) is 6.39 Å². The molecule has 1 aromatic rings. The summed E-state index contributed by atoms with van der Waals surface area (Å²) in [6, 6.07) is 0. The van der Waals surface area contributed by atoms with Gasteiger partial charge in [0.25, 0.3) is 0 Å². The van der Waals surface area contributed by atoms with E-state index in [1.165, 1.54) is 12.7 Å². The second-order valence-electron chi connectivity index (χ2n) is 0.676. The van der Waals surface area contributed by atoms with Gasteiger partial charge in [-0.3, -0.25) is 4.70 Å². The fourth-order valence-electron chi connectivity index (χ4n) is 0.176. The molecule has 0 bridgehead atoms. The molecule has 0 unspecified atom stereocenters. The molecule has 7 heavy (non-hydrogen) atoms. The van der Waals surface area contributed by atoms with E-state index >= 15 is 0 Å². The predicted molar refractivity (Wildman–Crippen MR) is 24.0 cm³/mol. The Labute approximate surface area is 40.3 Å². The number of oxazole rings is 1. The Hall–Kier alpha value is -0.900. The van der Waals surface area contributed by atoms with Crippen molar-refractivity contribution < 1.29 is 9.12 Å². The van der Waals surface area contributed by atoms with Crippen LogP contribution in [-0.2, 0) is 0 Å². The zero-order chi connectivity index (χ0) is 3.54. The first-order chi connectivity index (χ1) is 2.50. The lowest BCUT2D eigenvalue weighted by Gasteiger charge is -1.47. The van der Waals surface area contributed by atoms with E-state index in [4.69, 9.17) is 0 Å². The highest BCUT2D eigenvalue weighted by Crippen LogP contribution is 1.72. The van der Waals surface area contributed by atoms with E-state index in [1.807, 2.05) is 0 Å². The maximum atomic E-state index is 4.47. The standard InChI is InChI=1S/C3H3NO.FH.H3N/c1-2-5-3-4-1;;/h1-3H;1H;1H3. The summed E-state index contributed by atoms with van der Waals surface area (Å²) in [5.41, 5.74) is 0. The van der Waals surface area contributed by atoms with Gasteiger partial charge in [-0.1, -0.05) is 0 Å². The zero-order valence-electron chi connectivity index (χ0n) is 3.70. The molecule has 0 aliphatic carbocycles. The fourth-order valence-corrected chi connectivity index (χ4v) is 0.176. The molecule has 0 saturated carbocycles. The van der Waals surface area contributed by atoms with Crippen molar-refractivity contribution in [1.29, 1.82) is 0 Å². The first kappa shape index (κ1) is 9.44. The highest BCUT2D eigenvalue weighted by molar-refractivity contribution is 4.56. The second-order valence-corrected chi connectivity index (χ2v) is 0.676. The fraction of sp³-hybridized carbons (Fsp3) is 0. The van der Waals surface area contributed by atoms with Gasteiger partial charge in [-0.2, -0.15) is 0 Å². The normalized spacial score (nSPS) is 5.71. The second kappa shape index (κ2) is 5.10. The van der Waals surface area contributed by atoms with Gasteiger partial charge < -0.3 is 10.6 Å². The van der Waals surface area contributed by atoms with Gasteiger partial charge in [-0.25, -0.2) is 4.98 Å². The molecule has 0 spiro atoms. The Morgan fingerprint density at radius 2 is 2.14 bits per heavy atom.